The van der Waals surface area contributed by atoms with Crippen molar-refractivity contribution in [2.24, 2.45) is 5.92 Å². The summed E-state index contributed by atoms with van der Waals surface area (Å²) in [4.78, 5) is 31.1. The number of esters is 1. The van der Waals surface area contributed by atoms with Crippen molar-refractivity contribution in [2.75, 3.05) is 11.4 Å². The average Bonchev–Trinajstić information content (AvgIpc) is 3.29. The molecular weight excluding hydrogens is 360 g/mol. The van der Waals surface area contributed by atoms with Crippen molar-refractivity contribution in [2.45, 2.75) is 26.4 Å². The van der Waals surface area contributed by atoms with E-state index in [0.717, 1.165) is 32.9 Å². The SMILES string of the molecule is CCc1ccccc1N1C[C@H](C(=O)OCc2nc3ccccc3s2)CC1=O. The predicted molar refractivity (Wildman–Crippen MR) is 106 cm³/mol. The molecule has 3 aromatic rings. The summed E-state index contributed by atoms with van der Waals surface area (Å²) in [5.74, 6) is -0.797. The number of carbonyl (C=O) groups excluding carboxylic acids is 2. The molecule has 138 valence electrons. The summed E-state index contributed by atoms with van der Waals surface area (Å²) in [6.45, 7) is 2.58. The van der Waals surface area contributed by atoms with Crippen LogP contribution >= 0.6 is 11.3 Å². The number of carbonyl (C=O) groups is 2. The standard InChI is InChI=1S/C21H20N2O3S/c1-2-14-7-3-5-9-17(14)23-12-15(11-20(23)24)21(25)26-13-19-22-16-8-4-6-10-18(16)27-19/h3-10,15H,2,11-13H2,1H3/t15-/m1/s1. The van der Waals surface area contributed by atoms with Crippen molar-refractivity contribution < 1.29 is 14.3 Å². The van der Waals surface area contributed by atoms with Gasteiger partial charge in [-0.2, -0.15) is 0 Å². The van der Waals surface area contributed by atoms with Crippen molar-refractivity contribution in [1.29, 1.82) is 0 Å². The first-order valence-corrected chi connectivity index (χ1v) is 9.86. The van der Waals surface area contributed by atoms with Gasteiger partial charge in [-0.1, -0.05) is 37.3 Å². The summed E-state index contributed by atoms with van der Waals surface area (Å²) in [7, 11) is 0. The second-order valence-electron chi connectivity index (χ2n) is 6.57. The minimum Gasteiger partial charge on any atom is -0.458 e. The average molecular weight is 380 g/mol. The lowest BCUT2D eigenvalue weighted by Gasteiger charge is -2.19. The van der Waals surface area contributed by atoms with Crippen LogP contribution in [0.25, 0.3) is 10.2 Å². The van der Waals surface area contributed by atoms with Crippen LogP contribution in [0.3, 0.4) is 0 Å². The molecule has 1 saturated heterocycles. The first-order chi connectivity index (χ1) is 13.2. The first-order valence-electron chi connectivity index (χ1n) is 9.05. The highest BCUT2D eigenvalue weighted by Crippen LogP contribution is 2.29. The number of benzene rings is 2. The van der Waals surface area contributed by atoms with Crippen LogP contribution in [0.4, 0.5) is 5.69 Å². The summed E-state index contributed by atoms with van der Waals surface area (Å²) < 4.78 is 6.53. The van der Waals surface area contributed by atoms with Crippen molar-refractivity contribution >= 4 is 39.1 Å². The summed E-state index contributed by atoms with van der Waals surface area (Å²) in [6, 6.07) is 15.7. The van der Waals surface area contributed by atoms with E-state index in [9.17, 15) is 9.59 Å². The zero-order valence-electron chi connectivity index (χ0n) is 15.1. The Balaban J connectivity index is 1.41. The summed E-state index contributed by atoms with van der Waals surface area (Å²) >= 11 is 1.52. The van der Waals surface area contributed by atoms with Gasteiger partial charge in [0.1, 0.15) is 11.6 Å². The predicted octanol–water partition coefficient (Wildman–Crippen LogP) is 3.96. The Labute approximate surface area is 161 Å². The maximum Gasteiger partial charge on any atom is 0.311 e. The van der Waals surface area contributed by atoms with Gasteiger partial charge in [0.25, 0.3) is 0 Å². The molecule has 0 bridgehead atoms. The Morgan fingerprint density at radius 3 is 2.81 bits per heavy atom. The Kier molecular flexibility index (Phi) is 4.90. The quantitative estimate of drug-likeness (QED) is 0.629. The lowest BCUT2D eigenvalue weighted by atomic mass is 10.1. The molecule has 1 atom stereocenters. The van der Waals surface area contributed by atoms with Crippen LogP contribution in [0.5, 0.6) is 0 Å². The topological polar surface area (TPSA) is 59.5 Å². The van der Waals surface area contributed by atoms with E-state index >= 15 is 0 Å². The fraction of sp³-hybridized carbons (Fsp3) is 0.286. The molecule has 6 heteroatoms. The molecule has 2 aromatic carbocycles. The Bertz CT molecular complexity index is 965. The molecule has 4 rings (SSSR count). The van der Waals surface area contributed by atoms with Gasteiger partial charge in [0.2, 0.25) is 5.91 Å². The number of rotatable bonds is 5. The first kappa shape index (κ1) is 17.7. The molecule has 1 fully saturated rings. The molecule has 1 aromatic heterocycles. The van der Waals surface area contributed by atoms with Gasteiger partial charge in [-0.05, 0) is 30.2 Å². The number of hydrogen-bond donors (Lipinski definition) is 0. The van der Waals surface area contributed by atoms with Gasteiger partial charge >= 0.3 is 5.97 Å². The molecule has 0 unspecified atom stereocenters. The zero-order chi connectivity index (χ0) is 18.8. The minimum atomic E-state index is -0.434. The molecule has 2 heterocycles. The molecule has 0 N–H and O–H groups in total. The number of aryl methyl sites for hydroxylation is 1. The van der Waals surface area contributed by atoms with Crippen LogP contribution in [0.1, 0.15) is 23.9 Å². The molecule has 0 radical (unpaired) electrons. The van der Waals surface area contributed by atoms with Crippen LogP contribution in [0.2, 0.25) is 0 Å². The number of fused-ring (bicyclic) bond motifs is 1. The van der Waals surface area contributed by atoms with Crippen molar-refractivity contribution in [1.82, 2.24) is 4.98 Å². The number of anilines is 1. The molecule has 27 heavy (non-hydrogen) atoms. The van der Waals surface area contributed by atoms with Gasteiger partial charge in [0.15, 0.2) is 0 Å². The van der Waals surface area contributed by atoms with E-state index < -0.39 is 5.92 Å². The third-order valence-corrected chi connectivity index (χ3v) is 5.81. The van der Waals surface area contributed by atoms with Crippen molar-refractivity contribution in [3.63, 3.8) is 0 Å². The van der Waals surface area contributed by atoms with Crippen LogP contribution in [0.15, 0.2) is 48.5 Å². The lowest BCUT2D eigenvalue weighted by molar-refractivity contribution is -0.149. The van der Waals surface area contributed by atoms with Gasteiger partial charge in [0.05, 0.1) is 16.1 Å². The van der Waals surface area contributed by atoms with E-state index in [4.69, 9.17) is 4.74 Å². The van der Waals surface area contributed by atoms with E-state index in [0.29, 0.717) is 6.54 Å². The normalized spacial score (nSPS) is 16.9. The van der Waals surface area contributed by atoms with Crippen LogP contribution in [-0.2, 0) is 27.4 Å². The van der Waals surface area contributed by atoms with Crippen LogP contribution < -0.4 is 4.90 Å². The largest absolute Gasteiger partial charge is 0.458 e. The molecule has 0 saturated carbocycles. The summed E-state index contributed by atoms with van der Waals surface area (Å²) in [5.41, 5.74) is 2.91. The fourth-order valence-electron chi connectivity index (χ4n) is 3.40. The van der Waals surface area contributed by atoms with E-state index in [2.05, 4.69) is 11.9 Å². The number of ether oxygens (including phenoxy) is 1. The third kappa shape index (κ3) is 3.57. The van der Waals surface area contributed by atoms with E-state index in [1.54, 1.807) is 4.90 Å². The highest BCUT2D eigenvalue weighted by atomic mass is 32.1. The van der Waals surface area contributed by atoms with Crippen LogP contribution in [0, 0.1) is 5.92 Å². The monoisotopic (exact) mass is 380 g/mol. The maximum atomic E-state index is 12.5. The highest BCUT2D eigenvalue weighted by Gasteiger charge is 2.36. The molecule has 1 aliphatic rings. The van der Waals surface area contributed by atoms with Crippen molar-refractivity contribution in [3.05, 3.63) is 59.1 Å². The molecule has 5 nitrogen and oxygen atoms in total. The number of hydrogen-bond acceptors (Lipinski definition) is 5. The number of amides is 1. The second-order valence-corrected chi connectivity index (χ2v) is 7.69. The van der Waals surface area contributed by atoms with E-state index in [1.165, 1.54) is 11.3 Å². The number of thiazole rings is 1. The van der Waals surface area contributed by atoms with Gasteiger partial charge in [-0.15, -0.1) is 11.3 Å². The van der Waals surface area contributed by atoms with Gasteiger partial charge in [0, 0.05) is 18.7 Å². The Hall–Kier alpha value is -2.73. The molecular formula is C21H20N2O3S. The van der Waals surface area contributed by atoms with Gasteiger partial charge in [-0.3, -0.25) is 9.59 Å². The summed E-state index contributed by atoms with van der Waals surface area (Å²) in [5, 5.41) is 0.766. The number of aromatic nitrogens is 1. The molecule has 1 amide bonds. The molecule has 0 aliphatic carbocycles. The van der Waals surface area contributed by atoms with Crippen LogP contribution in [-0.4, -0.2) is 23.4 Å². The third-order valence-electron chi connectivity index (χ3n) is 4.80. The lowest BCUT2D eigenvalue weighted by Crippen LogP contribution is -2.27. The maximum absolute atomic E-state index is 12.5. The number of para-hydroxylation sites is 2. The summed E-state index contributed by atoms with van der Waals surface area (Å²) in [6.07, 6.45) is 1.03. The Morgan fingerprint density at radius 2 is 2.00 bits per heavy atom. The zero-order valence-corrected chi connectivity index (χ0v) is 15.9. The number of nitrogens with zero attached hydrogens (tertiary/aromatic N) is 2. The van der Waals surface area contributed by atoms with Gasteiger partial charge in [-0.25, -0.2) is 4.98 Å². The van der Waals surface area contributed by atoms with Crippen molar-refractivity contribution in [3.8, 4) is 0 Å². The Morgan fingerprint density at radius 1 is 1.22 bits per heavy atom. The molecule has 0 spiro atoms. The highest BCUT2D eigenvalue weighted by molar-refractivity contribution is 7.18. The second kappa shape index (κ2) is 7.48. The minimum absolute atomic E-state index is 0.0298. The molecule has 1 aliphatic heterocycles. The smallest absolute Gasteiger partial charge is 0.311 e. The van der Waals surface area contributed by atoms with E-state index in [-0.39, 0.29) is 24.9 Å². The fourth-order valence-corrected chi connectivity index (χ4v) is 4.28. The van der Waals surface area contributed by atoms with E-state index in [1.807, 2.05) is 48.5 Å². The van der Waals surface area contributed by atoms with Gasteiger partial charge < -0.3 is 9.64 Å².